The Hall–Kier alpha value is -3.15. The van der Waals surface area contributed by atoms with Crippen LogP contribution in [-0.4, -0.2) is 26.2 Å². The number of fused-ring (bicyclic) bond motifs is 1. The molecular formula is C20H20O6. The second kappa shape index (κ2) is 6.63. The van der Waals surface area contributed by atoms with Crippen molar-refractivity contribution < 1.29 is 30.0 Å². The Bertz CT molecular complexity index is 909. The van der Waals surface area contributed by atoms with Crippen LogP contribution in [0.5, 0.6) is 28.7 Å². The number of phenolic OH excluding ortho intramolecular Hbond substituents is 4. The van der Waals surface area contributed by atoms with Crippen LogP contribution in [0.15, 0.2) is 35.9 Å². The lowest BCUT2D eigenvalue weighted by atomic mass is 9.92. The Labute approximate surface area is 150 Å². The third-order valence-corrected chi connectivity index (χ3v) is 4.32. The van der Waals surface area contributed by atoms with Gasteiger partial charge in [-0.15, -0.1) is 0 Å². The molecule has 4 N–H and O–H groups in total. The van der Waals surface area contributed by atoms with E-state index >= 15 is 0 Å². The van der Waals surface area contributed by atoms with Gasteiger partial charge in [0.2, 0.25) is 0 Å². The number of rotatable bonds is 3. The van der Waals surface area contributed by atoms with Crippen LogP contribution in [-0.2, 0) is 6.42 Å². The summed E-state index contributed by atoms with van der Waals surface area (Å²) in [7, 11) is 0. The van der Waals surface area contributed by atoms with E-state index in [9.17, 15) is 25.2 Å². The first kappa shape index (κ1) is 17.7. The molecule has 0 amide bonds. The number of ether oxygens (including phenoxy) is 1. The molecule has 1 atom stereocenters. The van der Waals surface area contributed by atoms with Gasteiger partial charge in [-0.3, -0.25) is 4.79 Å². The molecule has 0 radical (unpaired) electrons. The minimum Gasteiger partial charge on any atom is -0.508 e. The number of ketones is 1. The number of carbonyl (C=O) groups excluding carboxylic acids is 1. The molecule has 2 aromatic carbocycles. The molecule has 0 aromatic heterocycles. The highest BCUT2D eigenvalue weighted by Crippen LogP contribution is 2.46. The van der Waals surface area contributed by atoms with Crippen LogP contribution >= 0.6 is 0 Å². The summed E-state index contributed by atoms with van der Waals surface area (Å²) >= 11 is 0. The number of allylic oxidation sites excluding steroid dienone is 2. The van der Waals surface area contributed by atoms with Gasteiger partial charge in [0, 0.05) is 23.3 Å². The summed E-state index contributed by atoms with van der Waals surface area (Å²) in [6.45, 7) is 3.82. The molecule has 0 aliphatic carbocycles. The first-order valence-corrected chi connectivity index (χ1v) is 8.20. The van der Waals surface area contributed by atoms with Crippen molar-refractivity contribution in [1.82, 2.24) is 0 Å². The van der Waals surface area contributed by atoms with Gasteiger partial charge >= 0.3 is 0 Å². The van der Waals surface area contributed by atoms with Gasteiger partial charge in [0.05, 0.1) is 6.42 Å². The zero-order valence-corrected chi connectivity index (χ0v) is 14.5. The molecule has 26 heavy (non-hydrogen) atoms. The van der Waals surface area contributed by atoms with E-state index < -0.39 is 6.10 Å². The smallest absolute Gasteiger partial charge is 0.174 e. The monoisotopic (exact) mass is 356 g/mol. The first-order chi connectivity index (χ1) is 12.3. The van der Waals surface area contributed by atoms with Crippen molar-refractivity contribution in [3.63, 3.8) is 0 Å². The SMILES string of the molecule is CC(C)=CCc1c(O)cc(O)c2c1O[C@H](c1ccc(O)cc1O)CC2=O. The largest absolute Gasteiger partial charge is 0.508 e. The van der Waals surface area contributed by atoms with Crippen molar-refractivity contribution in [2.45, 2.75) is 32.8 Å². The number of hydrogen-bond donors (Lipinski definition) is 4. The van der Waals surface area contributed by atoms with Crippen molar-refractivity contribution in [1.29, 1.82) is 0 Å². The summed E-state index contributed by atoms with van der Waals surface area (Å²) in [5.74, 6) is -1.03. The molecule has 136 valence electrons. The molecule has 3 rings (SSSR count). The van der Waals surface area contributed by atoms with E-state index in [1.807, 2.05) is 19.9 Å². The fourth-order valence-electron chi connectivity index (χ4n) is 3.01. The van der Waals surface area contributed by atoms with E-state index in [4.69, 9.17) is 4.74 Å². The van der Waals surface area contributed by atoms with E-state index in [0.29, 0.717) is 17.5 Å². The third kappa shape index (κ3) is 3.18. The van der Waals surface area contributed by atoms with Crippen LogP contribution in [0.3, 0.4) is 0 Å². The topological polar surface area (TPSA) is 107 Å². The number of carbonyl (C=O) groups is 1. The summed E-state index contributed by atoms with van der Waals surface area (Å²) in [4.78, 5) is 12.6. The van der Waals surface area contributed by atoms with Gasteiger partial charge in [-0.2, -0.15) is 0 Å². The molecule has 6 nitrogen and oxygen atoms in total. The van der Waals surface area contributed by atoms with Crippen molar-refractivity contribution in [2.75, 3.05) is 0 Å². The third-order valence-electron chi connectivity index (χ3n) is 4.32. The molecule has 6 heteroatoms. The summed E-state index contributed by atoms with van der Waals surface area (Å²) in [5, 5.41) is 39.8. The van der Waals surface area contributed by atoms with Crippen LogP contribution in [0, 0.1) is 0 Å². The van der Waals surface area contributed by atoms with E-state index in [1.54, 1.807) is 0 Å². The van der Waals surface area contributed by atoms with Gasteiger partial charge in [0.25, 0.3) is 0 Å². The minimum absolute atomic E-state index is 0.0366. The predicted molar refractivity (Wildman–Crippen MR) is 95.0 cm³/mol. The van der Waals surface area contributed by atoms with E-state index in [1.165, 1.54) is 18.2 Å². The van der Waals surface area contributed by atoms with Gasteiger partial charge < -0.3 is 25.2 Å². The van der Waals surface area contributed by atoms with Gasteiger partial charge in [-0.05, 0) is 32.4 Å². The number of Topliss-reactive ketones (excluding diaryl/α,β-unsaturated/α-hetero) is 1. The molecule has 1 aliphatic heterocycles. The van der Waals surface area contributed by atoms with Gasteiger partial charge in [-0.1, -0.05) is 11.6 Å². The number of benzene rings is 2. The van der Waals surface area contributed by atoms with E-state index in [-0.39, 0.29) is 46.5 Å². The average molecular weight is 356 g/mol. The van der Waals surface area contributed by atoms with Gasteiger partial charge in [-0.25, -0.2) is 0 Å². The van der Waals surface area contributed by atoms with Crippen molar-refractivity contribution in [2.24, 2.45) is 0 Å². The van der Waals surface area contributed by atoms with Gasteiger partial charge in [0.15, 0.2) is 5.78 Å². The Kier molecular flexibility index (Phi) is 4.50. The summed E-state index contributed by atoms with van der Waals surface area (Å²) < 4.78 is 5.92. The molecule has 0 fully saturated rings. The second-order valence-electron chi connectivity index (χ2n) is 6.56. The lowest BCUT2D eigenvalue weighted by Gasteiger charge is -2.28. The van der Waals surface area contributed by atoms with Crippen LogP contribution < -0.4 is 4.74 Å². The van der Waals surface area contributed by atoms with Crippen molar-refractivity contribution in [3.05, 3.63) is 52.6 Å². The Morgan fingerprint density at radius 2 is 1.85 bits per heavy atom. The molecule has 0 unspecified atom stereocenters. The summed E-state index contributed by atoms with van der Waals surface area (Å²) in [6, 6.07) is 5.18. The fourth-order valence-corrected chi connectivity index (χ4v) is 3.01. The molecular weight excluding hydrogens is 336 g/mol. The van der Waals surface area contributed by atoms with Crippen LogP contribution in [0.25, 0.3) is 0 Å². The highest BCUT2D eigenvalue weighted by molar-refractivity contribution is 6.03. The average Bonchev–Trinajstić information content (AvgIpc) is 2.53. The lowest BCUT2D eigenvalue weighted by Crippen LogP contribution is -2.21. The molecule has 1 aliphatic rings. The number of aromatic hydroxyl groups is 4. The summed E-state index contributed by atoms with van der Waals surface area (Å²) in [6.07, 6.45) is 1.34. The predicted octanol–water partition coefficient (Wildman–Crippen LogP) is 3.72. The molecule has 0 bridgehead atoms. The summed E-state index contributed by atoms with van der Waals surface area (Å²) in [5.41, 5.74) is 1.81. The van der Waals surface area contributed by atoms with E-state index in [2.05, 4.69) is 0 Å². The molecule has 1 heterocycles. The first-order valence-electron chi connectivity index (χ1n) is 8.20. The highest BCUT2D eigenvalue weighted by atomic mass is 16.5. The molecule has 0 saturated heterocycles. The zero-order valence-electron chi connectivity index (χ0n) is 14.5. The maximum absolute atomic E-state index is 12.6. The van der Waals surface area contributed by atoms with E-state index in [0.717, 1.165) is 11.6 Å². The molecule has 0 spiro atoms. The number of phenols is 4. The maximum Gasteiger partial charge on any atom is 0.174 e. The Balaban J connectivity index is 2.10. The maximum atomic E-state index is 12.6. The van der Waals surface area contributed by atoms with Gasteiger partial charge in [0.1, 0.15) is 40.4 Å². The second-order valence-corrected chi connectivity index (χ2v) is 6.56. The molecule has 0 saturated carbocycles. The normalized spacial score (nSPS) is 15.9. The van der Waals surface area contributed by atoms with Crippen molar-refractivity contribution in [3.8, 4) is 28.7 Å². The Morgan fingerprint density at radius 1 is 1.12 bits per heavy atom. The molecule has 2 aromatic rings. The quantitative estimate of drug-likeness (QED) is 0.624. The minimum atomic E-state index is -0.790. The highest BCUT2D eigenvalue weighted by Gasteiger charge is 2.34. The Morgan fingerprint density at radius 3 is 2.50 bits per heavy atom. The van der Waals surface area contributed by atoms with Crippen molar-refractivity contribution >= 4 is 5.78 Å². The standard InChI is InChI=1S/C20H20O6/c1-10(2)3-5-13-15(23)8-16(24)19-17(25)9-18(26-20(13)19)12-6-4-11(21)7-14(12)22/h3-4,6-8,18,21-24H,5,9H2,1-2H3/t18-/m0/s1. The number of hydrogen-bond acceptors (Lipinski definition) is 6. The van der Waals surface area contributed by atoms with Crippen LogP contribution in [0.1, 0.15) is 47.9 Å². The lowest BCUT2D eigenvalue weighted by molar-refractivity contribution is 0.0839. The fraction of sp³-hybridized carbons (Fsp3) is 0.250. The zero-order chi connectivity index (χ0) is 19.0. The van der Waals surface area contributed by atoms with Crippen LogP contribution in [0.4, 0.5) is 0 Å². The van der Waals surface area contributed by atoms with Crippen LogP contribution in [0.2, 0.25) is 0 Å².